The molecular formula is C38H50N2O8S. The quantitative estimate of drug-likeness (QED) is 0.0957. The molecule has 0 radical (unpaired) electrons. The van der Waals surface area contributed by atoms with Crippen LogP contribution in [0.4, 0.5) is 9.59 Å². The van der Waals surface area contributed by atoms with Gasteiger partial charge in [-0.05, 0) is 126 Å². The van der Waals surface area contributed by atoms with E-state index in [1.54, 1.807) is 6.08 Å². The summed E-state index contributed by atoms with van der Waals surface area (Å²) in [6.45, 7) is 14.4. The van der Waals surface area contributed by atoms with Gasteiger partial charge in [-0.15, -0.1) is 0 Å². The minimum absolute atomic E-state index is 0.233. The number of thioether (sulfide) groups is 1. The van der Waals surface area contributed by atoms with E-state index in [9.17, 15) is 19.2 Å². The molecule has 11 heteroatoms. The van der Waals surface area contributed by atoms with Gasteiger partial charge in [-0.2, -0.15) is 0 Å². The molecule has 10 nitrogen and oxygen atoms in total. The van der Waals surface area contributed by atoms with Crippen molar-refractivity contribution in [3.05, 3.63) is 57.0 Å². The second kappa shape index (κ2) is 16.1. The van der Waals surface area contributed by atoms with Crippen LogP contribution in [0.15, 0.2) is 29.2 Å². The summed E-state index contributed by atoms with van der Waals surface area (Å²) in [5.74, 6) is 1.60. The first-order valence-electron chi connectivity index (χ1n) is 17.0. The minimum Gasteiger partial charge on any atom is -0.489 e. The fourth-order valence-electron chi connectivity index (χ4n) is 5.72. The molecule has 2 aliphatic heterocycles. The molecule has 1 fully saturated rings. The summed E-state index contributed by atoms with van der Waals surface area (Å²) in [5, 5.41) is 2.50. The monoisotopic (exact) mass is 694 g/mol. The highest BCUT2D eigenvalue weighted by Gasteiger charge is 2.36. The third kappa shape index (κ3) is 10.3. The van der Waals surface area contributed by atoms with Gasteiger partial charge in [0, 0.05) is 25.6 Å². The van der Waals surface area contributed by atoms with Crippen molar-refractivity contribution >= 4 is 41.0 Å². The number of imide groups is 1. The predicted molar refractivity (Wildman–Crippen MR) is 191 cm³/mol. The van der Waals surface area contributed by atoms with Gasteiger partial charge in [0.1, 0.15) is 35.1 Å². The zero-order chi connectivity index (χ0) is 35.9. The van der Waals surface area contributed by atoms with Gasteiger partial charge in [0.15, 0.2) is 0 Å². The Labute approximate surface area is 294 Å². The van der Waals surface area contributed by atoms with E-state index in [-0.39, 0.29) is 17.1 Å². The van der Waals surface area contributed by atoms with Gasteiger partial charge in [0.2, 0.25) is 0 Å². The van der Waals surface area contributed by atoms with Crippen LogP contribution < -0.4 is 19.5 Å². The molecule has 4 rings (SSSR count). The van der Waals surface area contributed by atoms with Crippen LogP contribution in [-0.2, 0) is 20.7 Å². The molecule has 3 amide bonds. The third-order valence-electron chi connectivity index (χ3n) is 8.71. The summed E-state index contributed by atoms with van der Waals surface area (Å²) in [6.07, 6.45) is 7.63. The summed E-state index contributed by atoms with van der Waals surface area (Å²) < 4.78 is 23.9. The summed E-state index contributed by atoms with van der Waals surface area (Å²) >= 11 is 0.933. The van der Waals surface area contributed by atoms with Gasteiger partial charge < -0.3 is 24.3 Å². The van der Waals surface area contributed by atoms with Crippen LogP contribution in [0.2, 0.25) is 0 Å². The molecule has 2 aromatic rings. The van der Waals surface area contributed by atoms with Crippen molar-refractivity contribution in [2.24, 2.45) is 0 Å². The zero-order valence-corrected chi connectivity index (χ0v) is 30.9. The molecule has 0 aliphatic carbocycles. The lowest BCUT2D eigenvalue weighted by Crippen LogP contribution is -2.42. The average Bonchev–Trinajstić information content (AvgIpc) is 3.28. The van der Waals surface area contributed by atoms with Crippen LogP contribution in [-0.4, -0.2) is 59.5 Å². The maximum Gasteiger partial charge on any atom is 0.407 e. The number of esters is 1. The van der Waals surface area contributed by atoms with E-state index in [0.717, 1.165) is 95.2 Å². The lowest BCUT2D eigenvalue weighted by Gasteiger charge is -2.37. The molecule has 2 aliphatic rings. The number of nitrogens with zero attached hydrogens (tertiary/aromatic N) is 1. The molecule has 0 aromatic heterocycles. The lowest BCUT2D eigenvalue weighted by molar-refractivity contribution is -0.134. The number of likely N-dealkylation sites (N-methyl/N-ethyl adjacent to an activating group) is 1. The van der Waals surface area contributed by atoms with Crippen LogP contribution in [0.5, 0.6) is 17.2 Å². The first-order chi connectivity index (χ1) is 23.1. The normalized spacial score (nSPS) is 18.3. The highest BCUT2D eigenvalue weighted by molar-refractivity contribution is 8.18. The van der Waals surface area contributed by atoms with Gasteiger partial charge in [0.25, 0.3) is 11.1 Å². The Morgan fingerprint density at radius 1 is 1.00 bits per heavy atom. The van der Waals surface area contributed by atoms with Crippen molar-refractivity contribution in [1.29, 1.82) is 0 Å². The highest BCUT2D eigenvalue weighted by atomic mass is 32.2. The Hall–Kier alpha value is -3.99. The second-order valence-corrected chi connectivity index (χ2v) is 15.1. The number of carbonyl (C=O) groups excluding carboxylic acids is 4. The number of rotatable bonds is 13. The largest absolute Gasteiger partial charge is 0.489 e. The van der Waals surface area contributed by atoms with Gasteiger partial charge in [-0.3, -0.25) is 19.3 Å². The first-order valence-corrected chi connectivity index (χ1v) is 17.8. The molecule has 2 heterocycles. The predicted octanol–water partition coefficient (Wildman–Crippen LogP) is 8.21. The molecule has 1 saturated heterocycles. The van der Waals surface area contributed by atoms with Crippen molar-refractivity contribution in [2.45, 2.75) is 111 Å². The fourth-order valence-corrected chi connectivity index (χ4v) is 6.55. The topological polar surface area (TPSA) is 120 Å². The number of unbranched alkanes of at least 4 members (excludes halogenated alkanes) is 4. The number of fused-ring (bicyclic) bond motifs is 1. The average molecular weight is 695 g/mol. The van der Waals surface area contributed by atoms with Crippen LogP contribution in [0.1, 0.15) is 100 Å². The molecule has 1 N–H and O–H groups in total. The number of hydrogen-bond donors (Lipinski definition) is 1. The summed E-state index contributed by atoms with van der Waals surface area (Å²) in [7, 11) is 1.48. The van der Waals surface area contributed by atoms with Gasteiger partial charge in [0.05, 0.1) is 4.91 Å². The van der Waals surface area contributed by atoms with Crippen LogP contribution >= 0.6 is 11.8 Å². The fraction of sp³-hybridized carbons (Fsp3) is 0.526. The van der Waals surface area contributed by atoms with Gasteiger partial charge >= 0.3 is 12.1 Å². The second-order valence-electron chi connectivity index (χ2n) is 14.1. The smallest absolute Gasteiger partial charge is 0.407 e. The van der Waals surface area contributed by atoms with E-state index in [2.05, 4.69) is 5.32 Å². The number of amides is 3. The molecule has 266 valence electrons. The number of carbonyl (C=O) groups is 4. The molecule has 1 atom stereocenters. The summed E-state index contributed by atoms with van der Waals surface area (Å²) in [6, 6.07) is 7.39. The van der Waals surface area contributed by atoms with E-state index < -0.39 is 17.3 Å². The third-order valence-corrected chi connectivity index (χ3v) is 9.67. The van der Waals surface area contributed by atoms with Crippen molar-refractivity contribution < 1.29 is 38.1 Å². The van der Waals surface area contributed by atoms with E-state index >= 15 is 0 Å². The number of nitrogens with one attached hydrogen (secondary N) is 1. The molecule has 0 spiro atoms. The summed E-state index contributed by atoms with van der Waals surface area (Å²) in [4.78, 5) is 50.0. The molecule has 0 saturated carbocycles. The first kappa shape index (κ1) is 37.8. The molecule has 0 bridgehead atoms. The molecule has 2 aromatic carbocycles. The van der Waals surface area contributed by atoms with E-state index in [0.29, 0.717) is 36.0 Å². The Bertz CT molecular complexity index is 1590. The number of benzene rings is 2. The summed E-state index contributed by atoms with van der Waals surface area (Å²) in [5.41, 5.74) is 3.59. The maximum absolute atomic E-state index is 12.8. The van der Waals surface area contributed by atoms with E-state index in [4.69, 9.17) is 18.9 Å². The molecular weight excluding hydrogens is 644 g/mol. The van der Waals surface area contributed by atoms with Crippen molar-refractivity contribution in [2.75, 3.05) is 20.2 Å². The number of ether oxygens (including phenoxy) is 4. The Morgan fingerprint density at radius 2 is 1.67 bits per heavy atom. The van der Waals surface area contributed by atoms with Crippen LogP contribution in [0, 0.1) is 20.8 Å². The lowest BCUT2D eigenvalue weighted by atomic mass is 9.87. The van der Waals surface area contributed by atoms with Gasteiger partial charge in [-0.25, -0.2) is 4.79 Å². The Balaban J connectivity index is 1.24. The standard InChI is InChI=1S/C38H50N2O8S/c1-24-25(2)33-29(26(3)32(24)46-31(41)14-12-10-9-11-13-21-39-35(43)48-37(4,5)6)19-20-38(7,47-33)23-45-28-17-15-27(16-18-28)22-30-34(42)40(8)36(44)49-30/h15-18,22H,9-14,19-21,23H2,1-8H3,(H,39,43)/b30-22+. The van der Waals surface area contributed by atoms with Crippen molar-refractivity contribution in [3.8, 4) is 17.2 Å². The highest BCUT2D eigenvalue weighted by Crippen LogP contribution is 2.44. The maximum atomic E-state index is 12.8. The Kier molecular flexibility index (Phi) is 12.5. The number of hydrogen-bond acceptors (Lipinski definition) is 9. The van der Waals surface area contributed by atoms with E-state index in [1.165, 1.54) is 7.05 Å². The number of alkyl carbamates (subject to hydrolysis) is 1. The minimum atomic E-state index is -0.556. The van der Waals surface area contributed by atoms with Crippen LogP contribution in [0.25, 0.3) is 6.08 Å². The SMILES string of the molecule is Cc1c(C)c2c(c(C)c1OC(=O)CCCCCCCNC(=O)OC(C)(C)C)CCC(C)(COc1ccc(/C=C3/SC(=O)N(C)C3=O)cc1)O2. The van der Waals surface area contributed by atoms with Crippen LogP contribution in [0.3, 0.4) is 0 Å². The van der Waals surface area contributed by atoms with Crippen molar-refractivity contribution in [1.82, 2.24) is 10.2 Å². The zero-order valence-electron chi connectivity index (χ0n) is 30.1. The van der Waals surface area contributed by atoms with E-state index in [1.807, 2.05) is 72.7 Å². The van der Waals surface area contributed by atoms with Gasteiger partial charge in [-0.1, -0.05) is 31.4 Å². The molecule has 49 heavy (non-hydrogen) atoms. The van der Waals surface area contributed by atoms with Crippen molar-refractivity contribution in [3.63, 3.8) is 0 Å². The Morgan fingerprint density at radius 3 is 2.33 bits per heavy atom. The molecule has 1 unspecified atom stereocenters.